The Kier molecular flexibility index (Phi) is 3.32. The maximum Gasteiger partial charge on any atom is 0.180 e. The van der Waals surface area contributed by atoms with Crippen molar-refractivity contribution in [3.8, 4) is 0 Å². The number of rotatable bonds is 3. The summed E-state index contributed by atoms with van der Waals surface area (Å²) >= 11 is 3.00. The average Bonchev–Trinajstić information content (AvgIpc) is 2.67. The van der Waals surface area contributed by atoms with Crippen molar-refractivity contribution in [1.82, 2.24) is 20.2 Å². The number of hydrogen-bond donors (Lipinski definition) is 2. The zero-order valence-electron chi connectivity index (χ0n) is 8.76. The molecule has 84 valence electrons. The van der Waals surface area contributed by atoms with E-state index in [0.29, 0.717) is 5.82 Å². The highest BCUT2D eigenvalue weighted by atomic mass is 32.2. The van der Waals surface area contributed by atoms with Crippen molar-refractivity contribution in [2.24, 2.45) is 5.84 Å². The van der Waals surface area contributed by atoms with Crippen LogP contribution >= 0.6 is 23.1 Å². The van der Waals surface area contributed by atoms with E-state index in [-0.39, 0.29) is 0 Å². The van der Waals surface area contributed by atoms with Crippen LogP contribution in [0.2, 0.25) is 0 Å². The van der Waals surface area contributed by atoms with Gasteiger partial charge in [0.1, 0.15) is 22.2 Å². The fourth-order valence-corrected chi connectivity index (χ4v) is 2.86. The van der Waals surface area contributed by atoms with Crippen molar-refractivity contribution in [3.05, 3.63) is 16.9 Å². The molecule has 6 nitrogen and oxygen atoms in total. The molecule has 0 spiro atoms. The first-order valence-corrected chi connectivity index (χ1v) is 6.10. The molecule has 16 heavy (non-hydrogen) atoms. The second kappa shape index (κ2) is 4.73. The van der Waals surface area contributed by atoms with Gasteiger partial charge in [0, 0.05) is 5.56 Å². The van der Waals surface area contributed by atoms with E-state index < -0.39 is 0 Å². The molecular formula is C8H10N6S2. The van der Waals surface area contributed by atoms with Crippen molar-refractivity contribution < 1.29 is 0 Å². The standard InChI is InChI=1S/C8H10N6S2/c1-4-6(12-9)10-3-11-7(4)16-8-14-13-5(2)15-8/h3H,9H2,1-2H3,(H,10,11,12). The second-order valence-electron chi connectivity index (χ2n) is 2.99. The first kappa shape index (κ1) is 11.2. The highest BCUT2D eigenvalue weighted by molar-refractivity contribution is 8.01. The third kappa shape index (κ3) is 2.29. The average molecular weight is 254 g/mol. The summed E-state index contributed by atoms with van der Waals surface area (Å²) in [7, 11) is 0. The van der Waals surface area contributed by atoms with E-state index in [9.17, 15) is 0 Å². The number of aryl methyl sites for hydroxylation is 1. The largest absolute Gasteiger partial charge is 0.308 e. The first-order chi connectivity index (χ1) is 7.70. The second-order valence-corrected chi connectivity index (χ2v) is 5.40. The molecule has 2 aromatic heterocycles. The predicted molar refractivity (Wildman–Crippen MR) is 63.3 cm³/mol. The highest BCUT2D eigenvalue weighted by Crippen LogP contribution is 2.31. The van der Waals surface area contributed by atoms with Gasteiger partial charge in [-0.05, 0) is 25.6 Å². The molecule has 2 aromatic rings. The molecule has 0 aliphatic rings. The number of nitrogen functional groups attached to an aromatic ring is 1. The number of nitrogens with two attached hydrogens (primary N) is 1. The Labute approximate surface area is 101 Å². The van der Waals surface area contributed by atoms with Gasteiger partial charge in [-0.2, -0.15) is 0 Å². The lowest BCUT2D eigenvalue weighted by atomic mass is 10.3. The van der Waals surface area contributed by atoms with E-state index in [0.717, 1.165) is 19.9 Å². The van der Waals surface area contributed by atoms with Crippen LogP contribution in [-0.4, -0.2) is 20.2 Å². The zero-order valence-corrected chi connectivity index (χ0v) is 10.4. The lowest BCUT2D eigenvalue weighted by Gasteiger charge is -2.05. The molecule has 8 heteroatoms. The summed E-state index contributed by atoms with van der Waals surface area (Å²) in [6, 6.07) is 0. The van der Waals surface area contributed by atoms with Crippen molar-refractivity contribution in [1.29, 1.82) is 0 Å². The molecule has 3 N–H and O–H groups in total. The predicted octanol–water partition coefficient (Wildman–Crippen LogP) is 1.38. The van der Waals surface area contributed by atoms with Gasteiger partial charge in [0.2, 0.25) is 0 Å². The Balaban J connectivity index is 2.28. The maximum atomic E-state index is 5.34. The van der Waals surface area contributed by atoms with Gasteiger partial charge in [-0.25, -0.2) is 15.8 Å². The van der Waals surface area contributed by atoms with E-state index in [1.165, 1.54) is 29.4 Å². The molecule has 0 aromatic carbocycles. The van der Waals surface area contributed by atoms with Gasteiger partial charge in [0.25, 0.3) is 0 Å². The van der Waals surface area contributed by atoms with E-state index >= 15 is 0 Å². The summed E-state index contributed by atoms with van der Waals surface area (Å²) in [5, 5.41) is 9.75. The maximum absolute atomic E-state index is 5.34. The summed E-state index contributed by atoms with van der Waals surface area (Å²) in [5.41, 5.74) is 3.43. The molecule has 0 amide bonds. The van der Waals surface area contributed by atoms with Gasteiger partial charge in [-0.15, -0.1) is 10.2 Å². The van der Waals surface area contributed by atoms with Crippen LogP contribution in [0.25, 0.3) is 0 Å². The van der Waals surface area contributed by atoms with Crippen LogP contribution in [0.15, 0.2) is 15.7 Å². The van der Waals surface area contributed by atoms with Crippen LogP contribution < -0.4 is 11.3 Å². The Hall–Kier alpha value is -1.25. The normalized spacial score (nSPS) is 10.4. The van der Waals surface area contributed by atoms with Crippen molar-refractivity contribution in [2.75, 3.05) is 5.43 Å². The lowest BCUT2D eigenvalue weighted by molar-refractivity contribution is 0.967. The smallest absolute Gasteiger partial charge is 0.180 e. The number of nitrogens with one attached hydrogen (secondary N) is 1. The van der Waals surface area contributed by atoms with Crippen LogP contribution in [0.5, 0.6) is 0 Å². The molecule has 0 radical (unpaired) electrons. The topological polar surface area (TPSA) is 89.6 Å². The van der Waals surface area contributed by atoms with Crippen LogP contribution in [0.3, 0.4) is 0 Å². The van der Waals surface area contributed by atoms with Gasteiger partial charge in [-0.3, -0.25) is 0 Å². The fourth-order valence-electron chi connectivity index (χ4n) is 1.08. The zero-order chi connectivity index (χ0) is 11.5. The minimum Gasteiger partial charge on any atom is -0.308 e. The van der Waals surface area contributed by atoms with Gasteiger partial charge in [-0.1, -0.05) is 11.3 Å². The molecule has 0 saturated heterocycles. The monoisotopic (exact) mass is 254 g/mol. The molecule has 0 bridgehead atoms. The number of hydrogen-bond acceptors (Lipinski definition) is 8. The van der Waals surface area contributed by atoms with Crippen molar-refractivity contribution in [2.45, 2.75) is 23.2 Å². The fraction of sp³-hybridized carbons (Fsp3) is 0.250. The van der Waals surface area contributed by atoms with Crippen LogP contribution in [0.4, 0.5) is 5.82 Å². The Morgan fingerprint density at radius 3 is 2.75 bits per heavy atom. The summed E-state index contributed by atoms with van der Waals surface area (Å²) in [6.45, 7) is 3.83. The lowest BCUT2D eigenvalue weighted by Crippen LogP contribution is -2.10. The van der Waals surface area contributed by atoms with Crippen LogP contribution in [-0.2, 0) is 0 Å². The Morgan fingerprint density at radius 1 is 1.31 bits per heavy atom. The molecule has 0 unspecified atom stereocenters. The quantitative estimate of drug-likeness (QED) is 0.486. The van der Waals surface area contributed by atoms with Crippen molar-refractivity contribution >= 4 is 28.9 Å². The van der Waals surface area contributed by atoms with Gasteiger partial charge < -0.3 is 5.43 Å². The molecule has 0 aliphatic carbocycles. The number of hydrazine groups is 1. The minimum atomic E-state index is 0.624. The summed E-state index contributed by atoms with van der Waals surface area (Å²) in [4.78, 5) is 8.20. The van der Waals surface area contributed by atoms with E-state index in [1.807, 2.05) is 13.8 Å². The molecule has 0 atom stereocenters. The molecule has 2 heterocycles. The molecule has 2 rings (SSSR count). The third-order valence-electron chi connectivity index (χ3n) is 1.87. The molecular weight excluding hydrogens is 244 g/mol. The summed E-state index contributed by atoms with van der Waals surface area (Å²) in [5.74, 6) is 5.97. The molecule has 0 saturated carbocycles. The Bertz CT molecular complexity index is 497. The van der Waals surface area contributed by atoms with E-state index in [4.69, 9.17) is 5.84 Å². The molecule has 0 fully saturated rings. The van der Waals surface area contributed by atoms with Crippen LogP contribution in [0, 0.1) is 13.8 Å². The molecule has 0 aliphatic heterocycles. The number of aromatic nitrogens is 4. The first-order valence-electron chi connectivity index (χ1n) is 4.47. The van der Waals surface area contributed by atoms with Crippen LogP contribution in [0.1, 0.15) is 10.6 Å². The third-order valence-corrected chi connectivity index (χ3v) is 3.86. The number of anilines is 1. The SMILES string of the molecule is Cc1nnc(Sc2ncnc(NN)c2C)s1. The van der Waals surface area contributed by atoms with Gasteiger partial charge >= 0.3 is 0 Å². The summed E-state index contributed by atoms with van der Waals surface area (Å²) in [6.07, 6.45) is 1.47. The van der Waals surface area contributed by atoms with Gasteiger partial charge in [0.05, 0.1) is 0 Å². The minimum absolute atomic E-state index is 0.624. The van der Waals surface area contributed by atoms with Gasteiger partial charge in [0.15, 0.2) is 4.34 Å². The van der Waals surface area contributed by atoms with Crippen molar-refractivity contribution in [3.63, 3.8) is 0 Å². The number of nitrogens with zero attached hydrogens (tertiary/aromatic N) is 4. The van der Waals surface area contributed by atoms with E-state index in [2.05, 4.69) is 25.6 Å². The Morgan fingerprint density at radius 2 is 2.12 bits per heavy atom. The summed E-state index contributed by atoms with van der Waals surface area (Å²) < 4.78 is 0.863. The van der Waals surface area contributed by atoms with E-state index in [1.54, 1.807) is 0 Å². The highest BCUT2D eigenvalue weighted by Gasteiger charge is 2.10.